The van der Waals surface area contributed by atoms with E-state index in [9.17, 15) is 4.79 Å². The van der Waals surface area contributed by atoms with Crippen molar-refractivity contribution in [2.24, 2.45) is 0 Å². The first-order valence-corrected chi connectivity index (χ1v) is 7.39. The van der Waals surface area contributed by atoms with Crippen molar-refractivity contribution in [1.82, 2.24) is 15.5 Å². The van der Waals surface area contributed by atoms with E-state index in [1.54, 1.807) is 7.05 Å². The van der Waals surface area contributed by atoms with Gasteiger partial charge in [0.2, 0.25) is 5.91 Å². The minimum atomic E-state index is 0.0397. The zero-order valence-corrected chi connectivity index (χ0v) is 12.8. The van der Waals surface area contributed by atoms with Crippen molar-refractivity contribution in [1.29, 1.82) is 0 Å². The van der Waals surface area contributed by atoms with Crippen molar-refractivity contribution in [3.8, 4) is 0 Å². The highest BCUT2D eigenvalue weighted by molar-refractivity contribution is 5.83. The Balaban J connectivity index is 2.06. The van der Waals surface area contributed by atoms with Crippen LogP contribution in [0.25, 0.3) is 10.9 Å². The van der Waals surface area contributed by atoms with Crippen LogP contribution in [0.15, 0.2) is 48.5 Å². The van der Waals surface area contributed by atoms with Crippen LogP contribution in [0.1, 0.15) is 29.2 Å². The molecule has 0 fully saturated rings. The number of aryl methyl sites for hydroxylation is 1. The molecule has 22 heavy (non-hydrogen) atoms. The number of amides is 1. The number of carbonyl (C=O) groups excluding carboxylic acids is 1. The Kier molecular flexibility index (Phi) is 3.92. The third kappa shape index (κ3) is 2.72. The minimum Gasteiger partial charge on any atom is -0.359 e. The van der Waals surface area contributed by atoms with Crippen LogP contribution < -0.4 is 5.32 Å². The van der Waals surface area contributed by atoms with Gasteiger partial charge in [-0.3, -0.25) is 9.89 Å². The van der Waals surface area contributed by atoms with Gasteiger partial charge >= 0.3 is 0 Å². The number of benzene rings is 2. The molecule has 1 aromatic heterocycles. The molecule has 2 aromatic carbocycles. The highest BCUT2D eigenvalue weighted by atomic mass is 16.1. The molecule has 2 N–H and O–H groups in total. The summed E-state index contributed by atoms with van der Waals surface area (Å²) in [7, 11) is 1.67. The molecule has 0 aliphatic carbocycles. The Morgan fingerprint density at radius 3 is 2.68 bits per heavy atom. The third-order valence-electron chi connectivity index (χ3n) is 4.04. The highest BCUT2D eigenvalue weighted by Gasteiger charge is 2.18. The molecule has 3 rings (SSSR count). The summed E-state index contributed by atoms with van der Waals surface area (Å²) in [5.41, 5.74) is 4.27. The summed E-state index contributed by atoms with van der Waals surface area (Å²) in [4.78, 5) is 11.9. The smallest absolute Gasteiger partial charge is 0.220 e. The Morgan fingerprint density at radius 2 is 1.95 bits per heavy atom. The van der Waals surface area contributed by atoms with Crippen LogP contribution in [-0.2, 0) is 4.79 Å². The second-order valence-corrected chi connectivity index (χ2v) is 5.47. The SMILES string of the molecule is CNC(=O)CC(c1ccccc1)c1ccc2n[nH]c(C)c2c1. The molecular formula is C18H19N3O. The van der Waals surface area contributed by atoms with Gasteiger partial charge in [0.1, 0.15) is 0 Å². The van der Waals surface area contributed by atoms with Gasteiger partial charge in [-0.1, -0.05) is 36.4 Å². The quantitative estimate of drug-likeness (QED) is 0.776. The Labute approximate surface area is 129 Å². The first-order chi connectivity index (χ1) is 10.7. The summed E-state index contributed by atoms with van der Waals surface area (Å²) < 4.78 is 0. The number of hydrogen-bond donors (Lipinski definition) is 2. The standard InChI is InChI=1S/C18H19N3O/c1-12-15-10-14(8-9-17(15)21-20-12)16(11-18(22)19-2)13-6-4-3-5-7-13/h3-10,16H,11H2,1-2H3,(H,19,22)(H,20,21). The molecule has 0 saturated carbocycles. The lowest BCUT2D eigenvalue weighted by atomic mass is 9.87. The number of carbonyl (C=O) groups is 1. The molecule has 1 atom stereocenters. The van der Waals surface area contributed by atoms with E-state index in [4.69, 9.17) is 0 Å². The molecular weight excluding hydrogens is 274 g/mol. The summed E-state index contributed by atoms with van der Waals surface area (Å²) in [6, 6.07) is 16.3. The normalized spacial score (nSPS) is 12.3. The van der Waals surface area contributed by atoms with E-state index in [0.29, 0.717) is 6.42 Å². The average Bonchev–Trinajstić information content (AvgIpc) is 2.94. The first-order valence-electron chi connectivity index (χ1n) is 7.39. The molecule has 1 amide bonds. The van der Waals surface area contributed by atoms with Gasteiger partial charge in [-0.05, 0) is 30.2 Å². The van der Waals surface area contributed by atoms with Gasteiger partial charge < -0.3 is 5.32 Å². The van der Waals surface area contributed by atoms with E-state index in [1.807, 2.05) is 31.2 Å². The summed E-state index contributed by atoms with van der Waals surface area (Å²) >= 11 is 0. The fourth-order valence-electron chi connectivity index (χ4n) is 2.77. The van der Waals surface area contributed by atoms with Gasteiger partial charge in [-0.15, -0.1) is 0 Å². The molecule has 4 nitrogen and oxygen atoms in total. The number of aromatic nitrogens is 2. The lowest BCUT2D eigenvalue weighted by Gasteiger charge is -2.17. The predicted molar refractivity (Wildman–Crippen MR) is 87.8 cm³/mol. The number of nitrogens with one attached hydrogen (secondary N) is 2. The number of nitrogens with zero attached hydrogens (tertiary/aromatic N) is 1. The van der Waals surface area contributed by atoms with Crippen LogP contribution in [0.4, 0.5) is 0 Å². The van der Waals surface area contributed by atoms with Gasteiger partial charge in [-0.25, -0.2) is 0 Å². The first kappa shape index (κ1) is 14.3. The van der Waals surface area contributed by atoms with Crippen LogP contribution >= 0.6 is 0 Å². The van der Waals surface area contributed by atoms with Gasteiger partial charge in [0.15, 0.2) is 0 Å². The van der Waals surface area contributed by atoms with Crippen molar-refractivity contribution in [3.05, 3.63) is 65.4 Å². The Hall–Kier alpha value is -2.62. The second-order valence-electron chi connectivity index (χ2n) is 5.47. The molecule has 0 aliphatic heterocycles. The number of fused-ring (bicyclic) bond motifs is 1. The second kappa shape index (κ2) is 6.02. The van der Waals surface area contributed by atoms with Gasteiger partial charge in [0.05, 0.1) is 5.52 Å². The lowest BCUT2D eigenvalue weighted by molar-refractivity contribution is -0.120. The molecule has 1 heterocycles. The zero-order chi connectivity index (χ0) is 15.5. The molecule has 0 bridgehead atoms. The van der Waals surface area contributed by atoms with Crippen molar-refractivity contribution in [2.45, 2.75) is 19.3 Å². The number of aromatic amines is 1. The summed E-state index contributed by atoms with van der Waals surface area (Å²) in [6.07, 6.45) is 0.433. The topological polar surface area (TPSA) is 57.8 Å². The Bertz CT molecular complexity index is 792. The maximum absolute atomic E-state index is 11.9. The summed E-state index contributed by atoms with van der Waals surface area (Å²) in [5.74, 6) is 0.0812. The van der Waals surface area contributed by atoms with Crippen LogP contribution in [0.3, 0.4) is 0 Å². The summed E-state index contributed by atoms with van der Waals surface area (Å²) in [5, 5.41) is 11.1. The molecule has 0 saturated heterocycles. The fourth-order valence-corrected chi connectivity index (χ4v) is 2.77. The van der Waals surface area contributed by atoms with Crippen LogP contribution in [-0.4, -0.2) is 23.2 Å². The molecule has 0 radical (unpaired) electrons. The molecule has 0 spiro atoms. The van der Waals surface area contributed by atoms with Crippen molar-refractivity contribution < 1.29 is 4.79 Å². The lowest BCUT2D eigenvalue weighted by Crippen LogP contribution is -2.21. The number of hydrogen-bond acceptors (Lipinski definition) is 2. The summed E-state index contributed by atoms with van der Waals surface area (Å²) in [6.45, 7) is 2.01. The van der Waals surface area contributed by atoms with Crippen molar-refractivity contribution >= 4 is 16.8 Å². The van der Waals surface area contributed by atoms with Gasteiger partial charge in [0.25, 0.3) is 0 Å². The van der Waals surface area contributed by atoms with Crippen molar-refractivity contribution in [2.75, 3.05) is 7.05 Å². The maximum Gasteiger partial charge on any atom is 0.220 e. The van der Waals surface area contributed by atoms with E-state index in [2.05, 4.69) is 39.8 Å². The number of H-pyrrole nitrogens is 1. The van der Waals surface area contributed by atoms with Gasteiger partial charge in [0, 0.05) is 30.5 Å². The van der Waals surface area contributed by atoms with Crippen LogP contribution in [0, 0.1) is 6.92 Å². The van der Waals surface area contributed by atoms with E-state index in [1.165, 1.54) is 0 Å². The van der Waals surface area contributed by atoms with Crippen molar-refractivity contribution in [3.63, 3.8) is 0 Å². The van der Waals surface area contributed by atoms with Crippen LogP contribution in [0.5, 0.6) is 0 Å². The third-order valence-corrected chi connectivity index (χ3v) is 4.04. The van der Waals surface area contributed by atoms with Crippen LogP contribution in [0.2, 0.25) is 0 Å². The zero-order valence-electron chi connectivity index (χ0n) is 12.8. The molecule has 3 aromatic rings. The fraction of sp³-hybridized carbons (Fsp3) is 0.222. The van der Waals surface area contributed by atoms with E-state index < -0.39 is 0 Å². The highest BCUT2D eigenvalue weighted by Crippen LogP contribution is 2.30. The predicted octanol–water partition coefficient (Wildman–Crippen LogP) is 3.14. The molecule has 1 unspecified atom stereocenters. The molecule has 4 heteroatoms. The van der Waals surface area contributed by atoms with E-state index in [0.717, 1.165) is 27.7 Å². The monoisotopic (exact) mass is 293 g/mol. The van der Waals surface area contributed by atoms with E-state index in [-0.39, 0.29) is 11.8 Å². The minimum absolute atomic E-state index is 0.0397. The Morgan fingerprint density at radius 1 is 1.18 bits per heavy atom. The maximum atomic E-state index is 11.9. The van der Waals surface area contributed by atoms with Gasteiger partial charge in [-0.2, -0.15) is 5.10 Å². The largest absolute Gasteiger partial charge is 0.359 e. The van der Waals surface area contributed by atoms with E-state index >= 15 is 0 Å². The molecule has 0 aliphatic rings. The molecule has 112 valence electrons. The number of rotatable bonds is 4. The average molecular weight is 293 g/mol.